The van der Waals surface area contributed by atoms with Crippen LogP contribution in [0.5, 0.6) is 0 Å². The van der Waals surface area contributed by atoms with Gasteiger partial charge >= 0.3 is 0 Å². The minimum absolute atomic E-state index is 0.244. The number of anilines is 4. The maximum Gasteiger partial charge on any atom is 0.277 e. The van der Waals surface area contributed by atoms with Crippen LogP contribution >= 0.6 is 0 Å². The summed E-state index contributed by atoms with van der Waals surface area (Å²) in [5.74, 6) is 0.805. The highest BCUT2D eigenvalue weighted by Crippen LogP contribution is 2.30. The molecule has 2 aromatic heterocycles. The Hall–Kier alpha value is -3.73. The number of fused-ring (bicyclic) bond motifs is 1. The van der Waals surface area contributed by atoms with Gasteiger partial charge in [-0.3, -0.25) is 9.59 Å². The minimum atomic E-state index is -1.36. The van der Waals surface area contributed by atoms with E-state index >= 15 is 0 Å². The number of hydrogen-bond donors (Lipinski definition) is 3. The zero-order valence-electron chi connectivity index (χ0n) is 22.4. The van der Waals surface area contributed by atoms with E-state index in [1.807, 2.05) is 24.3 Å². The van der Waals surface area contributed by atoms with Crippen LogP contribution in [0.3, 0.4) is 0 Å². The van der Waals surface area contributed by atoms with Crippen molar-refractivity contribution in [2.24, 2.45) is 0 Å². The largest absolute Gasteiger partial charge is 0.381 e. The van der Waals surface area contributed by atoms with Gasteiger partial charge in [0.25, 0.3) is 11.5 Å². The molecule has 4 heterocycles. The van der Waals surface area contributed by atoms with Crippen LogP contribution < -0.4 is 20.7 Å². The third-order valence-electron chi connectivity index (χ3n) is 7.52. The van der Waals surface area contributed by atoms with Crippen LogP contribution in [0.2, 0.25) is 0 Å². The zero-order valence-corrected chi connectivity index (χ0v) is 22.4. The lowest BCUT2D eigenvalue weighted by atomic mass is 9.98. The van der Waals surface area contributed by atoms with E-state index < -0.39 is 5.60 Å². The van der Waals surface area contributed by atoms with Crippen molar-refractivity contribution in [2.45, 2.75) is 64.6 Å². The summed E-state index contributed by atoms with van der Waals surface area (Å²) >= 11 is 0. The molecule has 0 saturated carbocycles. The average molecular weight is 521 g/mol. The third kappa shape index (κ3) is 5.15. The lowest BCUT2D eigenvalue weighted by molar-refractivity contribution is -0.148. The van der Waals surface area contributed by atoms with Crippen LogP contribution in [-0.4, -0.2) is 79.9 Å². The molecule has 1 aromatic carbocycles. The predicted molar refractivity (Wildman–Crippen MR) is 148 cm³/mol. The van der Waals surface area contributed by atoms with Crippen LogP contribution in [0.1, 0.15) is 47.0 Å². The predicted octanol–water partition coefficient (Wildman–Crippen LogP) is 2.64. The van der Waals surface area contributed by atoms with Crippen molar-refractivity contribution in [2.75, 3.05) is 41.3 Å². The minimum Gasteiger partial charge on any atom is -0.381 e. The Morgan fingerprint density at radius 2 is 1.71 bits per heavy atom. The summed E-state index contributed by atoms with van der Waals surface area (Å²) in [7, 11) is 0. The fourth-order valence-corrected chi connectivity index (χ4v) is 5.46. The molecule has 0 spiro atoms. The van der Waals surface area contributed by atoms with Gasteiger partial charge in [-0.15, -0.1) is 0 Å². The lowest BCUT2D eigenvalue weighted by Gasteiger charge is -2.39. The monoisotopic (exact) mass is 520 g/mol. The molecule has 1 amide bonds. The number of nitrogens with zero attached hydrogens (tertiary/aromatic N) is 6. The summed E-state index contributed by atoms with van der Waals surface area (Å²) < 4.78 is 0. The quantitative estimate of drug-likeness (QED) is 0.465. The molecule has 2 aliphatic heterocycles. The van der Waals surface area contributed by atoms with Gasteiger partial charge in [0, 0.05) is 49.6 Å². The first kappa shape index (κ1) is 25.9. The Morgan fingerprint density at radius 3 is 2.34 bits per heavy atom. The first-order chi connectivity index (χ1) is 18.1. The fourth-order valence-electron chi connectivity index (χ4n) is 5.46. The van der Waals surface area contributed by atoms with Crippen LogP contribution in [0.25, 0.3) is 10.9 Å². The molecule has 202 valence electrons. The van der Waals surface area contributed by atoms with Crippen molar-refractivity contribution < 1.29 is 9.90 Å². The Kier molecular flexibility index (Phi) is 6.95. The van der Waals surface area contributed by atoms with E-state index in [9.17, 15) is 14.7 Å². The number of rotatable bonds is 5. The van der Waals surface area contributed by atoms with Crippen LogP contribution in [0.4, 0.5) is 23.1 Å². The molecule has 38 heavy (non-hydrogen) atoms. The highest BCUT2D eigenvalue weighted by atomic mass is 16.3. The summed E-state index contributed by atoms with van der Waals surface area (Å²) in [4.78, 5) is 40.8. The lowest BCUT2D eigenvalue weighted by Crippen LogP contribution is -2.54. The molecule has 2 atom stereocenters. The molecular weight excluding hydrogens is 484 g/mol. The number of carbonyl (C=O) groups excluding carboxylic acids is 1. The molecule has 2 fully saturated rings. The number of amides is 1. The highest BCUT2D eigenvalue weighted by molar-refractivity contribution is 5.90. The summed E-state index contributed by atoms with van der Waals surface area (Å²) in [6.45, 7) is 9.90. The SMILES string of the molecule is CC1CCCC(C)N1c1nc(Nc2ccc(N3CCN(C(=O)C(C)(C)O)CC3)cc2)c2c(=O)[nH]ncc2n1. The normalized spacial score (nSPS) is 20.6. The maximum atomic E-state index is 12.7. The molecular formula is C27H36N8O3. The van der Waals surface area contributed by atoms with E-state index in [0.717, 1.165) is 24.2 Å². The number of nitrogens with one attached hydrogen (secondary N) is 2. The van der Waals surface area contributed by atoms with Gasteiger partial charge in [-0.1, -0.05) is 0 Å². The van der Waals surface area contributed by atoms with Crippen molar-refractivity contribution in [1.82, 2.24) is 25.1 Å². The van der Waals surface area contributed by atoms with Gasteiger partial charge in [-0.25, -0.2) is 10.1 Å². The molecule has 3 aromatic rings. The van der Waals surface area contributed by atoms with E-state index in [1.165, 1.54) is 20.3 Å². The number of hydrogen-bond acceptors (Lipinski definition) is 9. The summed E-state index contributed by atoms with van der Waals surface area (Å²) in [6, 6.07) is 8.55. The van der Waals surface area contributed by atoms with Crippen molar-refractivity contribution in [3.63, 3.8) is 0 Å². The number of carbonyl (C=O) groups is 1. The Morgan fingerprint density at radius 1 is 1.05 bits per heavy atom. The first-order valence-corrected chi connectivity index (χ1v) is 13.3. The smallest absolute Gasteiger partial charge is 0.277 e. The van der Waals surface area contributed by atoms with E-state index in [0.29, 0.717) is 60.9 Å². The number of aromatic amines is 1. The molecule has 2 unspecified atom stereocenters. The van der Waals surface area contributed by atoms with E-state index in [4.69, 9.17) is 9.97 Å². The number of H-pyrrole nitrogens is 1. The van der Waals surface area contributed by atoms with Gasteiger partial charge in [0.15, 0.2) is 0 Å². The molecule has 11 nitrogen and oxygen atoms in total. The average Bonchev–Trinajstić information content (AvgIpc) is 2.88. The summed E-state index contributed by atoms with van der Waals surface area (Å²) in [6.07, 6.45) is 4.89. The molecule has 2 saturated heterocycles. The van der Waals surface area contributed by atoms with Crippen molar-refractivity contribution in [3.8, 4) is 0 Å². The second-order valence-electron chi connectivity index (χ2n) is 10.9. The number of piperidine rings is 1. The molecule has 0 radical (unpaired) electrons. The third-order valence-corrected chi connectivity index (χ3v) is 7.52. The zero-order chi connectivity index (χ0) is 27.0. The van der Waals surface area contributed by atoms with Gasteiger partial charge < -0.3 is 25.1 Å². The number of piperazine rings is 1. The second kappa shape index (κ2) is 10.2. The van der Waals surface area contributed by atoms with Crippen molar-refractivity contribution in [1.29, 1.82) is 0 Å². The number of benzene rings is 1. The van der Waals surface area contributed by atoms with Crippen LogP contribution in [-0.2, 0) is 4.79 Å². The number of aromatic nitrogens is 4. The number of aliphatic hydroxyl groups is 1. The summed E-state index contributed by atoms with van der Waals surface area (Å²) in [5, 5.41) is 20.2. The molecule has 3 N–H and O–H groups in total. The van der Waals surface area contributed by atoms with Gasteiger partial charge in [0.05, 0.1) is 6.20 Å². The molecule has 0 bridgehead atoms. The van der Waals surface area contributed by atoms with Crippen LogP contribution in [0.15, 0.2) is 35.3 Å². The molecule has 11 heteroatoms. The fraction of sp³-hybridized carbons (Fsp3) is 0.519. The molecule has 0 aliphatic carbocycles. The standard InChI is InChI=1S/C27H36N8O3/c1-17-6-5-7-18(2)35(17)26-30-21-16-28-32-24(36)22(21)23(31-26)29-19-8-10-20(11-9-19)33-12-14-34(15-13-33)25(37)27(3,4)38/h8-11,16-18,38H,5-7,12-15H2,1-4H3,(H,32,36)(H,29,30,31). The van der Waals surface area contributed by atoms with Gasteiger partial charge in [-0.05, 0) is 71.2 Å². The van der Waals surface area contributed by atoms with Gasteiger partial charge in [0.1, 0.15) is 22.3 Å². The molecule has 2 aliphatic rings. The van der Waals surface area contributed by atoms with Crippen molar-refractivity contribution >= 4 is 40.0 Å². The molecule has 5 rings (SSSR count). The Balaban J connectivity index is 1.37. The Bertz CT molecular complexity index is 1350. The van der Waals surface area contributed by atoms with Gasteiger partial charge in [-0.2, -0.15) is 10.1 Å². The van der Waals surface area contributed by atoms with E-state index in [2.05, 4.69) is 39.2 Å². The topological polar surface area (TPSA) is 131 Å². The van der Waals surface area contributed by atoms with E-state index in [-0.39, 0.29) is 11.5 Å². The maximum absolute atomic E-state index is 12.7. The van der Waals surface area contributed by atoms with E-state index in [1.54, 1.807) is 11.1 Å². The summed E-state index contributed by atoms with van der Waals surface area (Å²) in [5.41, 5.74) is 0.638. The Labute approximate surface area is 221 Å². The highest BCUT2D eigenvalue weighted by Gasteiger charge is 2.32. The van der Waals surface area contributed by atoms with Crippen molar-refractivity contribution in [3.05, 3.63) is 40.8 Å². The van der Waals surface area contributed by atoms with Crippen LogP contribution in [0, 0.1) is 0 Å². The second-order valence-corrected chi connectivity index (χ2v) is 10.9. The van der Waals surface area contributed by atoms with Gasteiger partial charge in [0.2, 0.25) is 5.95 Å². The first-order valence-electron chi connectivity index (χ1n) is 13.3.